The minimum Gasteiger partial charge on any atom is -0.497 e. The van der Waals surface area contributed by atoms with Crippen LogP contribution in [0.25, 0.3) is 0 Å². The number of fused-ring (bicyclic) bond motifs is 1. The van der Waals surface area contributed by atoms with E-state index in [1.54, 1.807) is 7.11 Å². The summed E-state index contributed by atoms with van der Waals surface area (Å²) in [6.45, 7) is 0. The van der Waals surface area contributed by atoms with Crippen molar-refractivity contribution in [3.8, 4) is 17.9 Å². The Hall–Kier alpha value is -2.52. The third kappa shape index (κ3) is 2.64. The molecule has 0 N–H and O–H groups in total. The fourth-order valence-electron chi connectivity index (χ4n) is 3.85. The first-order valence-electron chi connectivity index (χ1n) is 8.08. The Morgan fingerprint density at radius 3 is 2.83 bits per heavy atom. The van der Waals surface area contributed by atoms with Crippen molar-refractivity contribution in [2.75, 3.05) is 7.11 Å². The molecule has 116 valence electrons. The first kappa shape index (κ1) is 15.4. The topological polar surface area (TPSA) is 56.8 Å². The van der Waals surface area contributed by atoms with Crippen LogP contribution in [-0.2, 0) is 0 Å². The Kier molecular flexibility index (Phi) is 4.22. The van der Waals surface area contributed by atoms with Gasteiger partial charge in [-0.15, -0.1) is 0 Å². The molecule has 0 radical (unpaired) electrons. The van der Waals surface area contributed by atoms with Crippen LogP contribution in [0.5, 0.6) is 5.75 Å². The van der Waals surface area contributed by atoms with Crippen molar-refractivity contribution < 1.29 is 4.74 Å². The number of hydrogen-bond donors (Lipinski definition) is 0. The Morgan fingerprint density at radius 1 is 1.26 bits per heavy atom. The highest BCUT2D eigenvalue weighted by Crippen LogP contribution is 2.49. The molecule has 0 bridgehead atoms. The molecule has 0 aliphatic heterocycles. The van der Waals surface area contributed by atoms with E-state index < -0.39 is 5.41 Å². The van der Waals surface area contributed by atoms with Gasteiger partial charge in [-0.25, -0.2) is 0 Å². The number of methoxy groups -OCH3 is 1. The van der Waals surface area contributed by atoms with E-state index in [0.29, 0.717) is 6.42 Å². The number of benzene rings is 1. The first-order chi connectivity index (χ1) is 11.2. The fourth-order valence-corrected chi connectivity index (χ4v) is 3.85. The number of allylic oxidation sites excluding steroid dienone is 4. The second-order valence-electron chi connectivity index (χ2n) is 6.26. The monoisotopic (exact) mass is 304 g/mol. The normalized spacial score (nSPS) is 25.3. The molecular formula is C20H20N2O. The van der Waals surface area contributed by atoms with Crippen LogP contribution < -0.4 is 4.74 Å². The molecular weight excluding hydrogens is 284 g/mol. The highest BCUT2D eigenvalue weighted by Gasteiger charge is 2.43. The SMILES string of the molecule is COc1cccc(C2C=CCC(C#N)(C#N)C3=CCCC[C@H]32)c1. The maximum atomic E-state index is 9.68. The molecule has 3 heteroatoms. The minimum atomic E-state index is -1.00. The molecule has 0 saturated heterocycles. The zero-order valence-corrected chi connectivity index (χ0v) is 13.3. The van der Waals surface area contributed by atoms with Crippen molar-refractivity contribution in [1.29, 1.82) is 10.5 Å². The standard InChI is InChI=1S/C20H20N2O/c1-23-16-7-4-6-15(12-16)17-9-5-11-20(13-21,14-22)19-10-3-2-8-18(17)19/h4-7,9-10,12,17-18H,2-3,8,11H2,1H3/t17?,18-/m0/s1. The molecule has 0 amide bonds. The lowest BCUT2D eigenvalue weighted by atomic mass is 9.67. The predicted octanol–water partition coefficient (Wildman–Crippen LogP) is 4.50. The third-order valence-corrected chi connectivity index (χ3v) is 5.04. The summed E-state index contributed by atoms with van der Waals surface area (Å²) in [4.78, 5) is 0. The Bertz CT molecular complexity index is 719. The van der Waals surface area contributed by atoms with Crippen molar-refractivity contribution in [1.82, 2.24) is 0 Å². The van der Waals surface area contributed by atoms with Crippen LogP contribution in [0.15, 0.2) is 48.1 Å². The van der Waals surface area contributed by atoms with Gasteiger partial charge in [0.05, 0.1) is 19.2 Å². The third-order valence-electron chi connectivity index (χ3n) is 5.04. The van der Waals surface area contributed by atoms with Crippen LogP contribution in [0.2, 0.25) is 0 Å². The second kappa shape index (κ2) is 6.31. The summed E-state index contributed by atoms with van der Waals surface area (Å²) in [5.41, 5.74) is 1.20. The van der Waals surface area contributed by atoms with Crippen LogP contribution >= 0.6 is 0 Å². The lowest BCUT2D eigenvalue weighted by Gasteiger charge is -2.34. The van der Waals surface area contributed by atoms with E-state index in [0.717, 1.165) is 30.6 Å². The molecule has 0 saturated carbocycles. The van der Waals surface area contributed by atoms with Gasteiger partial charge in [0, 0.05) is 12.3 Å². The molecule has 0 fully saturated rings. The van der Waals surface area contributed by atoms with Gasteiger partial charge in [0.25, 0.3) is 0 Å². The maximum Gasteiger partial charge on any atom is 0.168 e. The Balaban J connectivity index is 2.07. The average Bonchev–Trinajstić information content (AvgIpc) is 2.79. The number of hydrogen-bond acceptors (Lipinski definition) is 3. The van der Waals surface area contributed by atoms with Gasteiger partial charge >= 0.3 is 0 Å². The molecule has 0 heterocycles. The van der Waals surface area contributed by atoms with Gasteiger partial charge in [-0.2, -0.15) is 10.5 Å². The summed E-state index contributed by atoms with van der Waals surface area (Å²) < 4.78 is 5.35. The van der Waals surface area contributed by atoms with Crippen LogP contribution in [0.1, 0.15) is 37.2 Å². The van der Waals surface area contributed by atoms with E-state index >= 15 is 0 Å². The van der Waals surface area contributed by atoms with Crippen molar-refractivity contribution in [2.24, 2.45) is 11.3 Å². The number of nitrogens with zero attached hydrogens (tertiary/aromatic N) is 2. The lowest BCUT2D eigenvalue weighted by molar-refractivity contribution is 0.406. The number of ether oxygens (including phenoxy) is 1. The predicted molar refractivity (Wildman–Crippen MR) is 88.6 cm³/mol. The summed E-state index contributed by atoms with van der Waals surface area (Å²) in [6, 6.07) is 12.7. The van der Waals surface area contributed by atoms with Gasteiger partial charge in [-0.1, -0.05) is 30.4 Å². The molecule has 1 aromatic rings. The van der Waals surface area contributed by atoms with Crippen molar-refractivity contribution in [2.45, 2.75) is 31.6 Å². The van der Waals surface area contributed by atoms with Gasteiger partial charge in [0.2, 0.25) is 0 Å². The van der Waals surface area contributed by atoms with Crippen LogP contribution in [0.3, 0.4) is 0 Å². The molecule has 3 rings (SSSR count). The zero-order valence-electron chi connectivity index (χ0n) is 13.3. The number of rotatable bonds is 2. The zero-order chi connectivity index (χ0) is 16.3. The molecule has 2 aliphatic rings. The van der Waals surface area contributed by atoms with E-state index in [-0.39, 0.29) is 11.8 Å². The van der Waals surface area contributed by atoms with Crippen LogP contribution in [-0.4, -0.2) is 7.11 Å². The summed E-state index contributed by atoms with van der Waals surface area (Å²) in [5, 5.41) is 19.4. The molecule has 3 nitrogen and oxygen atoms in total. The molecule has 1 unspecified atom stereocenters. The van der Waals surface area contributed by atoms with E-state index in [2.05, 4.69) is 36.4 Å². The van der Waals surface area contributed by atoms with Crippen molar-refractivity contribution >= 4 is 0 Å². The van der Waals surface area contributed by atoms with Gasteiger partial charge in [0.1, 0.15) is 5.75 Å². The summed E-state index contributed by atoms with van der Waals surface area (Å²) >= 11 is 0. The van der Waals surface area contributed by atoms with E-state index in [4.69, 9.17) is 4.74 Å². The fraction of sp³-hybridized carbons (Fsp3) is 0.400. The van der Waals surface area contributed by atoms with E-state index in [9.17, 15) is 10.5 Å². The Labute approximate surface area is 137 Å². The second-order valence-corrected chi connectivity index (χ2v) is 6.26. The molecule has 23 heavy (non-hydrogen) atoms. The minimum absolute atomic E-state index is 0.195. The lowest BCUT2D eigenvalue weighted by Crippen LogP contribution is -2.27. The van der Waals surface area contributed by atoms with Gasteiger partial charge in [-0.05, 0) is 48.4 Å². The highest BCUT2D eigenvalue weighted by molar-refractivity contribution is 5.43. The maximum absolute atomic E-state index is 9.68. The van der Waals surface area contributed by atoms with Crippen molar-refractivity contribution in [3.05, 3.63) is 53.6 Å². The van der Waals surface area contributed by atoms with Crippen LogP contribution in [0.4, 0.5) is 0 Å². The van der Waals surface area contributed by atoms with Crippen molar-refractivity contribution in [3.63, 3.8) is 0 Å². The average molecular weight is 304 g/mol. The van der Waals surface area contributed by atoms with Gasteiger partial charge in [0.15, 0.2) is 5.41 Å². The Morgan fingerprint density at radius 2 is 2.09 bits per heavy atom. The summed E-state index contributed by atoms with van der Waals surface area (Å²) in [7, 11) is 1.67. The smallest absolute Gasteiger partial charge is 0.168 e. The molecule has 2 atom stereocenters. The summed E-state index contributed by atoms with van der Waals surface area (Å²) in [6.07, 6.45) is 9.88. The molecule has 0 spiro atoms. The van der Waals surface area contributed by atoms with Gasteiger partial charge in [-0.3, -0.25) is 0 Å². The highest BCUT2D eigenvalue weighted by atomic mass is 16.5. The molecule has 2 aliphatic carbocycles. The van der Waals surface area contributed by atoms with E-state index in [1.165, 1.54) is 5.56 Å². The number of nitriles is 2. The molecule has 0 aromatic heterocycles. The van der Waals surface area contributed by atoms with E-state index in [1.807, 2.05) is 18.2 Å². The summed E-state index contributed by atoms with van der Waals surface area (Å²) in [5.74, 6) is 1.25. The quantitative estimate of drug-likeness (QED) is 0.756. The molecule has 1 aromatic carbocycles. The van der Waals surface area contributed by atoms with Crippen LogP contribution in [0, 0.1) is 34.0 Å². The largest absolute Gasteiger partial charge is 0.497 e. The van der Waals surface area contributed by atoms with Gasteiger partial charge < -0.3 is 4.74 Å². The first-order valence-corrected chi connectivity index (χ1v) is 8.08.